The topological polar surface area (TPSA) is 178 Å². The molecule has 2 unspecified atom stereocenters. The molecule has 0 aliphatic carbocycles. The SMILES string of the molecule is CC(N)CN1CCOCC1(C(N)=O)N1C(=O)[C@H](C[C@H](C)CNO)CC(=O)[C@]1(C)C(=O)Oc1ccccc1. The molecule has 0 spiro atoms. The molecule has 1 aromatic rings. The summed E-state index contributed by atoms with van der Waals surface area (Å²) in [4.78, 5) is 57.6. The summed E-state index contributed by atoms with van der Waals surface area (Å²) < 4.78 is 11.2. The number of amides is 2. The number of nitrogens with zero attached hydrogens (tertiary/aromatic N) is 2. The van der Waals surface area contributed by atoms with E-state index in [4.69, 9.17) is 26.1 Å². The quantitative estimate of drug-likeness (QED) is 0.138. The predicted octanol–water partition coefficient (Wildman–Crippen LogP) is -0.366. The summed E-state index contributed by atoms with van der Waals surface area (Å²) in [5.74, 6) is -4.01. The first kappa shape index (κ1) is 28.7. The van der Waals surface area contributed by atoms with Crippen LogP contribution in [0, 0.1) is 11.8 Å². The lowest BCUT2D eigenvalue weighted by Crippen LogP contribution is -2.82. The second-order valence-corrected chi connectivity index (χ2v) is 10.1. The molecular weight excluding hydrogens is 482 g/mol. The van der Waals surface area contributed by atoms with Gasteiger partial charge >= 0.3 is 5.97 Å². The van der Waals surface area contributed by atoms with E-state index in [1.807, 2.05) is 0 Å². The maximum absolute atomic E-state index is 14.2. The maximum Gasteiger partial charge on any atom is 0.345 e. The van der Waals surface area contributed by atoms with E-state index in [9.17, 15) is 19.2 Å². The van der Waals surface area contributed by atoms with Crippen molar-refractivity contribution in [3.05, 3.63) is 30.3 Å². The first-order valence-electron chi connectivity index (χ1n) is 12.4. The first-order chi connectivity index (χ1) is 17.5. The highest BCUT2D eigenvalue weighted by molar-refractivity contribution is 6.15. The number of Topliss-reactive ketones (excluding diaryl/α,β-unsaturated/α-hetero) is 1. The summed E-state index contributed by atoms with van der Waals surface area (Å²) in [7, 11) is 0. The number of primary amides is 1. The Morgan fingerprint density at radius 2 is 1.95 bits per heavy atom. The second-order valence-electron chi connectivity index (χ2n) is 10.1. The monoisotopic (exact) mass is 519 g/mol. The fourth-order valence-electron chi connectivity index (χ4n) is 5.20. The number of esters is 1. The summed E-state index contributed by atoms with van der Waals surface area (Å²) >= 11 is 0. The van der Waals surface area contributed by atoms with E-state index in [0.717, 1.165) is 4.90 Å². The molecule has 12 nitrogen and oxygen atoms in total. The van der Waals surface area contributed by atoms with E-state index < -0.39 is 46.7 Å². The van der Waals surface area contributed by atoms with Crippen LogP contribution in [0.25, 0.3) is 0 Å². The number of carbonyl (C=O) groups excluding carboxylic acids is 4. The number of hydrogen-bond acceptors (Lipinski definition) is 10. The summed E-state index contributed by atoms with van der Waals surface area (Å²) in [6, 6.07) is 7.73. The largest absolute Gasteiger partial charge is 0.424 e. The predicted molar refractivity (Wildman–Crippen MR) is 132 cm³/mol. The zero-order valence-corrected chi connectivity index (χ0v) is 21.5. The Bertz CT molecular complexity index is 1010. The normalized spacial score (nSPS) is 28.6. The number of benzene rings is 1. The zero-order valence-electron chi connectivity index (χ0n) is 21.5. The number of hydroxylamine groups is 1. The van der Waals surface area contributed by atoms with Gasteiger partial charge < -0.3 is 26.1 Å². The van der Waals surface area contributed by atoms with E-state index >= 15 is 0 Å². The fourth-order valence-corrected chi connectivity index (χ4v) is 5.20. The molecule has 0 radical (unpaired) electrons. The number of nitrogens with one attached hydrogen (secondary N) is 1. The zero-order chi connectivity index (χ0) is 27.4. The molecule has 6 N–H and O–H groups in total. The molecule has 2 fully saturated rings. The molecule has 0 aromatic heterocycles. The minimum atomic E-state index is -2.17. The molecule has 204 valence electrons. The lowest BCUT2D eigenvalue weighted by Gasteiger charge is -2.57. The average Bonchev–Trinajstić information content (AvgIpc) is 2.84. The number of ether oxygens (including phenoxy) is 2. The Morgan fingerprint density at radius 3 is 2.54 bits per heavy atom. The third-order valence-corrected chi connectivity index (χ3v) is 7.07. The molecule has 5 atom stereocenters. The van der Waals surface area contributed by atoms with Gasteiger partial charge in [0.2, 0.25) is 11.6 Å². The van der Waals surface area contributed by atoms with Crippen molar-refractivity contribution >= 4 is 23.6 Å². The molecule has 0 bridgehead atoms. The summed E-state index contributed by atoms with van der Waals surface area (Å²) in [6.07, 6.45) is -0.0179. The van der Waals surface area contributed by atoms with Crippen LogP contribution in [0.1, 0.15) is 33.6 Å². The van der Waals surface area contributed by atoms with E-state index in [1.165, 1.54) is 6.92 Å². The van der Waals surface area contributed by atoms with Gasteiger partial charge in [0.1, 0.15) is 5.75 Å². The minimum absolute atomic E-state index is 0.156. The highest BCUT2D eigenvalue weighted by Crippen LogP contribution is 2.41. The fraction of sp³-hybridized carbons (Fsp3) is 0.600. The number of morpholine rings is 1. The van der Waals surface area contributed by atoms with Crippen molar-refractivity contribution in [2.45, 2.75) is 50.9 Å². The number of para-hydroxylation sites is 1. The van der Waals surface area contributed by atoms with Gasteiger partial charge in [0.05, 0.1) is 13.2 Å². The molecule has 2 aliphatic rings. The van der Waals surface area contributed by atoms with Gasteiger partial charge in [0.25, 0.3) is 5.91 Å². The van der Waals surface area contributed by atoms with Crippen LogP contribution in [-0.2, 0) is 23.9 Å². The summed E-state index contributed by atoms with van der Waals surface area (Å²) in [6.45, 7) is 5.26. The Hall–Kier alpha value is -2.90. The molecule has 2 heterocycles. The molecule has 1 aromatic carbocycles. The van der Waals surface area contributed by atoms with Crippen LogP contribution in [-0.4, -0.2) is 88.7 Å². The van der Waals surface area contributed by atoms with Crippen LogP contribution in [0.4, 0.5) is 0 Å². The third-order valence-electron chi connectivity index (χ3n) is 7.07. The van der Waals surface area contributed by atoms with Gasteiger partial charge in [-0.25, -0.2) is 10.3 Å². The van der Waals surface area contributed by atoms with Crippen LogP contribution in [0.3, 0.4) is 0 Å². The van der Waals surface area contributed by atoms with E-state index in [0.29, 0.717) is 0 Å². The van der Waals surface area contributed by atoms with E-state index in [2.05, 4.69) is 5.48 Å². The minimum Gasteiger partial charge on any atom is -0.424 e. The van der Waals surface area contributed by atoms with Gasteiger partial charge in [0, 0.05) is 38.0 Å². The van der Waals surface area contributed by atoms with Crippen LogP contribution in [0.2, 0.25) is 0 Å². The van der Waals surface area contributed by atoms with Gasteiger partial charge in [0.15, 0.2) is 11.3 Å². The van der Waals surface area contributed by atoms with Crippen molar-refractivity contribution in [1.82, 2.24) is 15.3 Å². The van der Waals surface area contributed by atoms with Crippen molar-refractivity contribution < 1.29 is 33.9 Å². The van der Waals surface area contributed by atoms with Crippen molar-refractivity contribution in [1.29, 1.82) is 0 Å². The van der Waals surface area contributed by atoms with Crippen LogP contribution < -0.4 is 21.7 Å². The Labute approximate surface area is 216 Å². The second kappa shape index (κ2) is 11.7. The first-order valence-corrected chi connectivity index (χ1v) is 12.4. The van der Waals surface area contributed by atoms with Crippen LogP contribution >= 0.6 is 0 Å². The number of likely N-dealkylation sites (tertiary alicyclic amines) is 1. The van der Waals surface area contributed by atoms with Crippen molar-refractivity contribution in [3.8, 4) is 5.75 Å². The summed E-state index contributed by atoms with van der Waals surface area (Å²) in [5.41, 5.74) is 9.98. The smallest absolute Gasteiger partial charge is 0.345 e. The van der Waals surface area contributed by atoms with E-state index in [-0.39, 0.29) is 57.4 Å². The molecule has 2 saturated heterocycles. The molecular formula is C25H37N5O7. The molecule has 2 amide bonds. The van der Waals surface area contributed by atoms with E-state index in [1.54, 1.807) is 49.1 Å². The number of ketones is 1. The Balaban J connectivity index is 2.16. The average molecular weight is 520 g/mol. The van der Waals surface area contributed by atoms with Crippen molar-refractivity contribution in [2.24, 2.45) is 23.3 Å². The molecule has 37 heavy (non-hydrogen) atoms. The van der Waals surface area contributed by atoms with Crippen molar-refractivity contribution in [2.75, 3.05) is 32.8 Å². The molecule has 0 saturated carbocycles. The lowest BCUT2D eigenvalue weighted by molar-refractivity contribution is -0.209. The highest BCUT2D eigenvalue weighted by atomic mass is 16.5. The highest BCUT2D eigenvalue weighted by Gasteiger charge is 2.66. The van der Waals surface area contributed by atoms with Crippen molar-refractivity contribution in [3.63, 3.8) is 0 Å². The molecule has 3 rings (SSSR count). The van der Waals surface area contributed by atoms with Gasteiger partial charge in [-0.15, -0.1) is 0 Å². The number of rotatable bonds is 10. The third kappa shape index (κ3) is 5.53. The van der Waals surface area contributed by atoms with Crippen LogP contribution in [0.5, 0.6) is 5.75 Å². The number of hydrogen-bond donors (Lipinski definition) is 4. The molecule has 2 aliphatic heterocycles. The Morgan fingerprint density at radius 1 is 1.27 bits per heavy atom. The van der Waals surface area contributed by atoms with Gasteiger partial charge in [-0.2, -0.15) is 0 Å². The van der Waals surface area contributed by atoms with Gasteiger partial charge in [-0.1, -0.05) is 25.1 Å². The van der Waals surface area contributed by atoms with Crippen LogP contribution in [0.15, 0.2) is 30.3 Å². The molecule has 12 heteroatoms. The number of nitrogens with two attached hydrogens (primary N) is 2. The van der Waals surface area contributed by atoms with Gasteiger partial charge in [-0.05, 0) is 38.3 Å². The standard InChI is InChI=1S/C25H37N5O7/c1-16(13-28-35)11-18-12-20(31)24(3,23(34)37-19-7-5-4-6-8-19)30(21(18)32)25(22(27)33)15-36-10-9-29(25)14-17(2)26/h4-8,16-18,28,35H,9-15,26H2,1-3H3,(H2,27,33)/t16-,17?,18+,24+,25?/m0/s1. The summed E-state index contributed by atoms with van der Waals surface area (Å²) in [5, 5.41) is 9.10. The maximum atomic E-state index is 14.2. The lowest BCUT2D eigenvalue weighted by atomic mass is 9.76. The number of carbonyl (C=O) groups is 4. The number of piperidine rings is 1. The van der Waals surface area contributed by atoms with Gasteiger partial charge in [-0.3, -0.25) is 24.2 Å². The Kier molecular flexibility index (Phi) is 9.03.